The van der Waals surface area contributed by atoms with Gasteiger partial charge in [-0.2, -0.15) is 5.10 Å². The zero-order chi connectivity index (χ0) is 16.4. The maximum atomic E-state index is 5.39. The van der Waals surface area contributed by atoms with E-state index in [0.29, 0.717) is 6.61 Å². The molecule has 0 radical (unpaired) electrons. The van der Waals surface area contributed by atoms with E-state index in [0.717, 1.165) is 34.1 Å². The van der Waals surface area contributed by atoms with Crippen molar-refractivity contribution in [1.82, 2.24) is 19.3 Å². The monoisotopic (exact) mass is 312 g/mol. The molecule has 2 aromatic heterocycles. The number of aryl methyl sites for hydroxylation is 1. The Morgan fingerprint density at radius 3 is 2.70 bits per heavy atom. The maximum Gasteiger partial charge on any atom is 0.144 e. The van der Waals surface area contributed by atoms with E-state index in [9.17, 15) is 0 Å². The van der Waals surface area contributed by atoms with E-state index < -0.39 is 0 Å². The first-order chi connectivity index (χ1) is 11.2. The Bertz CT molecular complexity index is 820. The maximum absolute atomic E-state index is 5.39. The topological polar surface area (TPSA) is 54.1 Å². The van der Waals surface area contributed by atoms with Crippen LogP contribution in [-0.2, 0) is 18.4 Å². The van der Waals surface area contributed by atoms with Crippen molar-refractivity contribution in [2.45, 2.75) is 13.5 Å². The van der Waals surface area contributed by atoms with Crippen LogP contribution in [-0.4, -0.2) is 33.6 Å². The van der Waals surface area contributed by atoms with Gasteiger partial charge in [0.25, 0.3) is 0 Å². The van der Waals surface area contributed by atoms with E-state index in [1.165, 1.54) is 0 Å². The smallest absolute Gasteiger partial charge is 0.144 e. The number of methoxy groups -OCH3 is 2. The molecule has 0 unspecified atom stereocenters. The van der Waals surface area contributed by atoms with Crippen LogP contribution in [0, 0.1) is 6.92 Å². The van der Waals surface area contributed by atoms with Crippen molar-refractivity contribution < 1.29 is 9.47 Å². The molecule has 0 spiro atoms. The van der Waals surface area contributed by atoms with Gasteiger partial charge in [0.15, 0.2) is 0 Å². The number of hydrogen-bond donors (Lipinski definition) is 0. The summed E-state index contributed by atoms with van der Waals surface area (Å²) in [5, 5.41) is 4.31. The lowest BCUT2D eigenvalue weighted by molar-refractivity contribution is 0.181. The lowest BCUT2D eigenvalue weighted by Crippen LogP contribution is -2.00. The standard InChI is InChI=1S/C17H20N4O2/c1-12-15(10-19-20(12)2)21-8-7-18-17(21)13-5-6-16(23-4)14(9-13)11-22-3/h5-10H,11H2,1-4H3. The number of nitrogens with zero attached hydrogens (tertiary/aromatic N) is 4. The second-order valence-corrected chi connectivity index (χ2v) is 5.32. The molecule has 6 heteroatoms. The van der Waals surface area contributed by atoms with Crippen LogP contribution in [0.3, 0.4) is 0 Å². The van der Waals surface area contributed by atoms with Gasteiger partial charge in [0.1, 0.15) is 11.6 Å². The fourth-order valence-electron chi connectivity index (χ4n) is 2.62. The summed E-state index contributed by atoms with van der Waals surface area (Å²) in [7, 11) is 5.26. The van der Waals surface area contributed by atoms with Crippen molar-refractivity contribution in [2.24, 2.45) is 7.05 Å². The number of rotatable bonds is 5. The molecule has 120 valence electrons. The van der Waals surface area contributed by atoms with E-state index in [4.69, 9.17) is 9.47 Å². The summed E-state index contributed by atoms with van der Waals surface area (Å²) >= 11 is 0. The lowest BCUT2D eigenvalue weighted by atomic mass is 10.1. The van der Waals surface area contributed by atoms with Gasteiger partial charge in [0, 0.05) is 37.7 Å². The number of aromatic nitrogens is 4. The van der Waals surface area contributed by atoms with Gasteiger partial charge in [-0.25, -0.2) is 4.98 Å². The molecule has 0 atom stereocenters. The molecule has 0 N–H and O–H groups in total. The highest BCUT2D eigenvalue weighted by atomic mass is 16.5. The molecule has 0 aliphatic rings. The Morgan fingerprint density at radius 1 is 1.22 bits per heavy atom. The number of hydrogen-bond acceptors (Lipinski definition) is 4. The van der Waals surface area contributed by atoms with Crippen LogP contribution >= 0.6 is 0 Å². The molecule has 0 saturated carbocycles. The van der Waals surface area contributed by atoms with Gasteiger partial charge in [-0.1, -0.05) is 0 Å². The van der Waals surface area contributed by atoms with Crippen LogP contribution in [0.15, 0.2) is 36.8 Å². The molecular formula is C17H20N4O2. The van der Waals surface area contributed by atoms with Crippen LogP contribution in [0.4, 0.5) is 0 Å². The van der Waals surface area contributed by atoms with Crippen molar-refractivity contribution in [3.8, 4) is 22.8 Å². The van der Waals surface area contributed by atoms with E-state index in [1.807, 2.05) is 53.8 Å². The summed E-state index contributed by atoms with van der Waals surface area (Å²) in [4.78, 5) is 4.51. The minimum atomic E-state index is 0.490. The predicted molar refractivity (Wildman–Crippen MR) is 87.8 cm³/mol. The molecule has 3 aromatic rings. The van der Waals surface area contributed by atoms with Crippen LogP contribution in [0.5, 0.6) is 5.75 Å². The predicted octanol–water partition coefficient (Wildman–Crippen LogP) is 2.74. The van der Waals surface area contributed by atoms with Gasteiger partial charge < -0.3 is 9.47 Å². The minimum absolute atomic E-state index is 0.490. The van der Waals surface area contributed by atoms with Gasteiger partial charge >= 0.3 is 0 Å². The Kier molecular flexibility index (Phi) is 4.16. The highest BCUT2D eigenvalue weighted by Crippen LogP contribution is 2.28. The molecule has 0 amide bonds. The highest BCUT2D eigenvalue weighted by molar-refractivity contribution is 5.62. The average Bonchev–Trinajstić information content (AvgIpc) is 3.15. The molecule has 0 fully saturated rings. The molecule has 0 saturated heterocycles. The Balaban J connectivity index is 2.08. The van der Waals surface area contributed by atoms with Crippen molar-refractivity contribution in [1.29, 1.82) is 0 Å². The van der Waals surface area contributed by atoms with Crippen LogP contribution in [0.25, 0.3) is 17.1 Å². The van der Waals surface area contributed by atoms with Gasteiger partial charge in [0.2, 0.25) is 0 Å². The molecule has 2 heterocycles. The largest absolute Gasteiger partial charge is 0.496 e. The van der Waals surface area contributed by atoms with Crippen molar-refractivity contribution in [3.63, 3.8) is 0 Å². The van der Waals surface area contributed by atoms with Gasteiger partial charge in [0.05, 0.1) is 31.3 Å². The van der Waals surface area contributed by atoms with Crippen molar-refractivity contribution in [2.75, 3.05) is 14.2 Å². The van der Waals surface area contributed by atoms with Gasteiger partial charge in [-0.05, 0) is 25.1 Å². The van der Waals surface area contributed by atoms with E-state index in [-0.39, 0.29) is 0 Å². The molecule has 0 bridgehead atoms. The van der Waals surface area contributed by atoms with E-state index in [1.54, 1.807) is 20.4 Å². The van der Waals surface area contributed by atoms with Gasteiger partial charge in [-0.15, -0.1) is 0 Å². The molecule has 6 nitrogen and oxygen atoms in total. The summed E-state index contributed by atoms with van der Waals surface area (Å²) in [5.41, 5.74) is 4.09. The fraction of sp³-hybridized carbons (Fsp3) is 0.294. The van der Waals surface area contributed by atoms with Crippen LogP contribution < -0.4 is 4.74 Å². The second-order valence-electron chi connectivity index (χ2n) is 5.32. The van der Waals surface area contributed by atoms with Crippen LogP contribution in [0.2, 0.25) is 0 Å². The summed E-state index contributed by atoms with van der Waals surface area (Å²) in [6, 6.07) is 5.99. The number of benzene rings is 1. The normalized spacial score (nSPS) is 11.0. The Labute approximate surface area is 135 Å². The first-order valence-corrected chi connectivity index (χ1v) is 7.34. The number of imidazole rings is 1. The molecule has 1 aromatic carbocycles. The first-order valence-electron chi connectivity index (χ1n) is 7.34. The SMILES string of the molecule is COCc1cc(-c2nccn2-c2cnn(C)c2C)ccc1OC. The van der Waals surface area contributed by atoms with E-state index >= 15 is 0 Å². The Morgan fingerprint density at radius 2 is 2.04 bits per heavy atom. The Hall–Kier alpha value is -2.60. The average molecular weight is 312 g/mol. The second kappa shape index (κ2) is 6.26. The fourth-order valence-corrected chi connectivity index (χ4v) is 2.62. The molecular weight excluding hydrogens is 292 g/mol. The molecule has 23 heavy (non-hydrogen) atoms. The van der Waals surface area contributed by atoms with E-state index in [2.05, 4.69) is 10.1 Å². The minimum Gasteiger partial charge on any atom is -0.496 e. The highest BCUT2D eigenvalue weighted by Gasteiger charge is 2.14. The summed E-state index contributed by atoms with van der Waals surface area (Å²) in [5.74, 6) is 1.67. The zero-order valence-corrected chi connectivity index (χ0v) is 13.8. The summed E-state index contributed by atoms with van der Waals surface area (Å²) in [6.07, 6.45) is 5.58. The van der Waals surface area contributed by atoms with Crippen LogP contribution in [0.1, 0.15) is 11.3 Å². The molecule has 0 aliphatic heterocycles. The number of ether oxygens (including phenoxy) is 2. The third-order valence-electron chi connectivity index (χ3n) is 3.95. The third-order valence-corrected chi connectivity index (χ3v) is 3.95. The van der Waals surface area contributed by atoms with Gasteiger partial charge in [-0.3, -0.25) is 9.25 Å². The molecule has 3 rings (SSSR count). The first kappa shape index (κ1) is 15.3. The molecule has 0 aliphatic carbocycles. The summed E-state index contributed by atoms with van der Waals surface area (Å²) in [6.45, 7) is 2.53. The van der Waals surface area contributed by atoms with Crippen molar-refractivity contribution >= 4 is 0 Å². The zero-order valence-electron chi connectivity index (χ0n) is 13.8. The third kappa shape index (κ3) is 2.73. The summed E-state index contributed by atoms with van der Waals surface area (Å²) < 4.78 is 14.5. The quantitative estimate of drug-likeness (QED) is 0.727. The van der Waals surface area contributed by atoms with Crippen molar-refractivity contribution in [3.05, 3.63) is 48.0 Å². The lowest BCUT2D eigenvalue weighted by Gasteiger charge is -2.11.